The molecule has 262 valence electrons. The van der Waals surface area contributed by atoms with Gasteiger partial charge in [-0.1, -0.05) is 58.5 Å². The van der Waals surface area contributed by atoms with Crippen molar-refractivity contribution in [3.63, 3.8) is 0 Å². The third kappa shape index (κ3) is 12.7. The highest BCUT2D eigenvalue weighted by molar-refractivity contribution is 8.76. The van der Waals surface area contributed by atoms with Crippen LogP contribution in [0.2, 0.25) is 0 Å². The van der Waals surface area contributed by atoms with Gasteiger partial charge in [-0.05, 0) is 123 Å². The summed E-state index contributed by atoms with van der Waals surface area (Å²) < 4.78 is 2.25. The molecule has 0 saturated heterocycles. The number of rotatable bonds is 20. The van der Waals surface area contributed by atoms with E-state index < -0.39 is 0 Å². The van der Waals surface area contributed by atoms with Gasteiger partial charge in [0.15, 0.2) is 18.9 Å². The van der Waals surface area contributed by atoms with Gasteiger partial charge in [-0.3, -0.25) is 4.99 Å². The number of likely N-dealkylation sites (N-methyl/N-ethyl adjacent to an activating group) is 1. The van der Waals surface area contributed by atoms with Crippen LogP contribution in [0.3, 0.4) is 0 Å². The number of hydrogen-bond acceptors (Lipinski definition) is 6. The Labute approximate surface area is 304 Å². The van der Waals surface area contributed by atoms with Crippen LogP contribution in [-0.4, -0.2) is 62.2 Å². The Kier molecular flexibility index (Phi) is 17.5. The Morgan fingerprint density at radius 3 is 2.00 bits per heavy atom. The molecule has 0 amide bonds. The molecule has 0 saturated carbocycles. The molecule has 1 heterocycles. The molecular weight excluding hydrogens is 641 g/mol. The van der Waals surface area contributed by atoms with Gasteiger partial charge in [0.25, 0.3) is 0 Å². The molecule has 0 atom stereocenters. The summed E-state index contributed by atoms with van der Waals surface area (Å²) in [5.41, 5.74) is 12.2. The van der Waals surface area contributed by atoms with Crippen molar-refractivity contribution >= 4 is 56.9 Å². The van der Waals surface area contributed by atoms with E-state index in [9.17, 15) is 5.11 Å². The van der Waals surface area contributed by atoms with Crippen LogP contribution < -0.4 is 14.4 Å². The monoisotopic (exact) mass is 697 g/mol. The molecule has 0 bridgehead atoms. The van der Waals surface area contributed by atoms with E-state index in [0.29, 0.717) is 6.54 Å². The van der Waals surface area contributed by atoms with Crippen molar-refractivity contribution in [2.75, 3.05) is 60.6 Å². The Bertz CT molecular complexity index is 1600. The van der Waals surface area contributed by atoms with Crippen LogP contribution in [0.4, 0.5) is 11.4 Å². The van der Waals surface area contributed by atoms with Gasteiger partial charge in [0.1, 0.15) is 0 Å². The number of allylic oxidation sites excluding steroid dienone is 5. The van der Waals surface area contributed by atoms with Crippen molar-refractivity contribution in [3.05, 3.63) is 119 Å². The van der Waals surface area contributed by atoms with Gasteiger partial charge in [0.2, 0.25) is 0 Å². The van der Waals surface area contributed by atoms with Crippen molar-refractivity contribution in [2.45, 2.75) is 55.0 Å². The smallest absolute Gasteiger partial charge is 0.169 e. The lowest BCUT2D eigenvalue weighted by atomic mass is 10.0. The van der Waals surface area contributed by atoms with E-state index in [0.717, 1.165) is 55.5 Å². The predicted octanol–water partition coefficient (Wildman–Crippen LogP) is 9.48. The summed E-state index contributed by atoms with van der Waals surface area (Å²) in [7, 11) is 3.78. The average molecular weight is 698 g/mol. The molecule has 0 spiro atoms. The maximum Gasteiger partial charge on any atom is 0.169 e. The molecule has 49 heavy (non-hydrogen) atoms. The van der Waals surface area contributed by atoms with Crippen LogP contribution in [0.15, 0.2) is 95.8 Å². The van der Waals surface area contributed by atoms with E-state index in [4.69, 9.17) is 0 Å². The molecule has 1 N–H and O–H groups in total. The van der Waals surface area contributed by atoms with Gasteiger partial charge in [-0.25, -0.2) is 4.57 Å². The molecule has 3 aromatic rings. The van der Waals surface area contributed by atoms with Crippen molar-refractivity contribution in [2.24, 2.45) is 4.99 Å². The molecule has 7 heteroatoms. The Morgan fingerprint density at radius 2 is 1.43 bits per heavy atom. The largest absolute Gasteiger partial charge is 0.395 e. The quantitative estimate of drug-likeness (QED) is 0.0419. The average Bonchev–Trinajstić information content (AvgIpc) is 3.10. The number of hydrogen-bond donors (Lipinski definition) is 1. The first-order valence-electron chi connectivity index (χ1n) is 17.5. The summed E-state index contributed by atoms with van der Waals surface area (Å²) >= 11 is 0. The summed E-state index contributed by atoms with van der Waals surface area (Å²) in [5, 5.41) is 9.35. The SMILES string of the molecule is C=CC(=C\C=NCCSSCC[n+]1ccc(/C(C)=C/c2ccc(N(CC)CCO)cc2C)cc1)/C(C)=C/c1ccc(N(CC)CC)cc1C. The van der Waals surface area contributed by atoms with Crippen LogP contribution in [0, 0.1) is 13.8 Å². The fraction of sp³-hybridized carbons (Fsp3) is 0.381. The maximum atomic E-state index is 9.35. The number of aliphatic imine (C=N–C) groups is 1. The fourth-order valence-corrected chi connectivity index (χ4v) is 7.49. The second-order valence-corrected chi connectivity index (χ2v) is 14.8. The first-order valence-corrected chi connectivity index (χ1v) is 20.0. The van der Waals surface area contributed by atoms with Crippen LogP contribution in [0.25, 0.3) is 17.7 Å². The summed E-state index contributed by atoms with van der Waals surface area (Å²) in [6, 6.07) is 17.7. The molecule has 3 rings (SSSR count). The molecule has 1 aromatic heterocycles. The van der Waals surface area contributed by atoms with Crippen LogP contribution in [0.1, 0.15) is 62.4 Å². The number of pyridine rings is 1. The van der Waals surface area contributed by atoms with Gasteiger partial charge in [-0.15, -0.1) is 0 Å². The highest BCUT2D eigenvalue weighted by Gasteiger charge is 2.08. The number of aryl methyl sites for hydroxylation is 3. The second kappa shape index (κ2) is 21.5. The molecule has 2 aromatic carbocycles. The van der Waals surface area contributed by atoms with Crippen LogP contribution in [0.5, 0.6) is 0 Å². The number of aliphatic hydroxyl groups excluding tert-OH is 1. The number of nitrogens with zero attached hydrogens (tertiary/aromatic N) is 4. The highest BCUT2D eigenvalue weighted by Crippen LogP contribution is 2.25. The van der Waals surface area contributed by atoms with Gasteiger partial charge in [-0.2, -0.15) is 0 Å². The fourth-order valence-electron chi connectivity index (χ4n) is 5.64. The molecular formula is C42H57N4OS2+. The molecule has 0 aliphatic carbocycles. The van der Waals surface area contributed by atoms with Crippen molar-refractivity contribution in [1.82, 2.24) is 0 Å². The summed E-state index contributed by atoms with van der Waals surface area (Å²) in [5.74, 6) is 2.03. The Morgan fingerprint density at radius 1 is 0.837 bits per heavy atom. The van der Waals surface area contributed by atoms with E-state index >= 15 is 0 Å². The summed E-state index contributed by atoms with van der Waals surface area (Å²) in [4.78, 5) is 9.19. The number of anilines is 2. The standard InChI is InChI=1S/C42H57N4OS2/c1-9-37(33(5)29-39-13-15-41(31-35(39)7)45(10-2)11-3)17-20-43-21-27-48-49-28-25-44-22-18-38(19-23-44)34(6)30-40-14-16-42(32-36(40)8)46(12-4)24-26-47/h9,13-20,22-23,29-32,47H,1,10-12,21,24-28H2,2-8H3/q+1/b33-29+,37-17+,43-20?. The Hall–Kier alpha value is -3.52. The van der Waals surface area contributed by atoms with Gasteiger partial charge in [0.05, 0.1) is 12.4 Å². The molecule has 0 aliphatic heterocycles. The molecule has 0 fully saturated rings. The predicted molar refractivity (Wildman–Crippen MR) is 221 cm³/mol. The van der Waals surface area contributed by atoms with Crippen LogP contribution >= 0.6 is 21.6 Å². The zero-order valence-corrected chi connectivity index (χ0v) is 32.4. The molecule has 0 unspecified atom stereocenters. The van der Waals surface area contributed by atoms with E-state index in [2.05, 4.69) is 154 Å². The number of benzene rings is 2. The number of aliphatic hydroxyl groups is 1. The summed E-state index contributed by atoms with van der Waals surface area (Å²) in [6.45, 7) is 24.7. The van der Waals surface area contributed by atoms with Crippen LogP contribution in [-0.2, 0) is 6.54 Å². The second-order valence-electron chi connectivity index (χ2n) is 12.1. The van der Waals surface area contributed by atoms with E-state index in [-0.39, 0.29) is 6.61 Å². The zero-order valence-electron chi connectivity index (χ0n) is 30.8. The van der Waals surface area contributed by atoms with Gasteiger partial charge in [0, 0.05) is 68.2 Å². The topological polar surface area (TPSA) is 42.9 Å². The minimum absolute atomic E-state index is 0.164. The van der Waals surface area contributed by atoms with Gasteiger partial charge >= 0.3 is 0 Å². The Balaban J connectivity index is 1.42. The third-order valence-electron chi connectivity index (χ3n) is 8.70. The molecule has 5 nitrogen and oxygen atoms in total. The first-order chi connectivity index (χ1) is 23.7. The van der Waals surface area contributed by atoms with Crippen molar-refractivity contribution < 1.29 is 9.67 Å². The third-order valence-corrected chi connectivity index (χ3v) is 11.1. The first kappa shape index (κ1) is 39.9. The lowest BCUT2D eigenvalue weighted by Crippen LogP contribution is -2.33. The minimum Gasteiger partial charge on any atom is -0.395 e. The normalized spacial score (nSPS) is 12.5. The van der Waals surface area contributed by atoms with E-state index in [1.54, 1.807) is 0 Å². The summed E-state index contributed by atoms with van der Waals surface area (Å²) in [6.07, 6.45) is 14.7. The maximum absolute atomic E-state index is 9.35. The van der Waals surface area contributed by atoms with E-state index in [1.807, 2.05) is 33.9 Å². The van der Waals surface area contributed by atoms with Crippen molar-refractivity contribution in [3.8, 4) is 0 Å². The van der Waals surface area contributed by atoms with E-state index in [1.165, 1.54) is 44.7 Å². The zero-order chi connectivity index (χ0) is 35.6. The van der Waals surface area contributed by atoms with Crippen molar-refractivity contribution in [1.29, 1.82) is 0 Å². The van der Waals surface area contributed by atoms with Gasteiger partial charge < -0.3 is 14.9 Å². The lowest BCUT2D eigenvalue weighted by molar-refractivity contribution is -0.692. The minimum atomic E-state index is 0.164. The molecule has 0 aliphatic rings. The lowest BCUT2D eigenvalue weighted by Gasteiger charge is -2.22. The molecule has 0 radical (unpaired) electrons. The highest BCUT2D eigenvalue weighted by atomic mass is 33.1. The number of aromatic nitrogens is 1.